The van der Waals surface area contributed by atoms with E-state index < -0.39 is 33.0 Å². The summed E-state index contributed by atoms with van der Waals surface area (Å²) < 4.78 is 36.6. The second-order valence-corrected chi connectivity index (χ2v) is 32.0. The minimum Gasteiger partial charge on any atom is -0.504 e. The molecule has 10 N–H and O–H groups in total. The van der Waals surface area contributed by atoms with E-state index in [0.717, 1.165) is 185 Å². The minimum absolute atomic E-state index is 0.0363. The summed E-state index contributed by atoms with van der Waals surface area (Å²) in [5.41, 5.74) is 11.8. The van der Waals surface area contributed by atoms with E-state index in [-0.39, 0.29) is 77.9 Å². The Bertz CT molecular complexity index is 3780. The van der Waals surface area contributed by atoms with Crippen LogP contribution in [0.4, 0.5) is 0 Å². The van der Waals surface area contributed by atoms with Crippen LogP contribution in [0.25, 0.3) is 0 Å². The molecule has 3 spiro atoms. The summed E-state index contributed by atoms with van der Waals surface area (Å²) in [6, 6.07) is 30.5. The second kappa shape index (κ2) is 36.9. The van der Waals surface area contributed by atoms with Crippen LogP contribution in [0.15, 0.2) is 129 Å². The zero-order valence-electron chi connectivity index (χ0n) is 68.8. The van der Waals surface area contributed by atoms with Crippen molar-refractivity contribution in [1.82, 2.24) is 30.2 Å². The molecule has 12 aliphatic rings. The molecule has 19 heteroatoms. The normalized spacial score (nSPS) is 31.3. The van der Waals surface area contributed by atoms with E-state index in [1.807, 2.05) is 96.2 Å². The first-order valence-electron chi connectivity index (χ1n) is 42.5. The second-order valence-electron chi connectivity index (χ2n) is 32.0. The summed E-state index contributed by atoms with van der Waals surface area (Å²) in [5.74, 6) is 3.29. The summed E-state index contributed by atoms with van der Waals surface area (Å²) >= 11 is 0. The summed E-state index contributed by atoms with van der Waals surface area (Å²) in [5, 5.41) is 74.6. The van der Waals surface area contributed by atoms with Crippen molar-refractivity contribution in [2.24, 2.45) is 5.73 Å². The Morgan fingerprint density at radius 3 is 1.35 bits per heavy atom. The number of nitrogens with one attached hydrogen (secondary N) is 2. The van der Waals surface area contributed by atoms with Gasteiger partial charge in [-0.05, 0) is 183 Å². The van der Waals surface area contributed by atoms with E-state index in [4.69, 9.17) is 34.2 Å². The third-order valence-corrected chi connectivity index (χ3v) is 26.7. The zero-order chi connectivity index (χ0) is 79.6. The molecule has 0 aromatic heterocycles. The van der Waals surface area contributed by atoms with E-state index in [1.165, 1.54) is 34.2 Å². The molecule has 6 aliphatic carbocycles. The first-order valence-corrected chi connectivity index (χ1v) is 42.5. The van der Waals surface area contributed by atoms with Crippen molar-refractivity contribution in [3.8, 4) is 40.2 Å². The molecule has 3 saturated heterocycles. The maximum Gasteiger partial charge on any atom is 0.165 e. The van der Waals surface area contributed by atoms with Gasteiger partial charge in [-0.1, -0.05) is 153 Å². The molecule has 6 aliphatic heterocycles. The van der Waals surface area contributed by atoms with Gasteiger partial charge in [0.25, 0.3) is 0 Å². The lowest BCUT2D eigenvalue weighted by atomic mass is 9.48. The number of nitrogens with two attached hydrogens (primary N) is 1. The highest BCUT2D eigenvalue weighted by Gasteiger charge is 2.76. The predicted molar refractivity (Wildman–Crippen MR) is 443 cm³/mol. The maximum absolute atomic E-state index is 12.1. The highest BCUT2D eigenvalue weighted by molar-refractivity contribution is 5.65. The lowest BCUT2D eigenvalue weighted by Gasteiger charge is -2.64. The molecule has 19 nitrogen and oxygen atoms in total. The maximum atomic E-state index is 12.1. The van der Waals surface area contributed by atoms with E-state index in [1.54, 1.807) is 18.2 Å². The van der Waals surface area contributed by atoms with Gasteiger partial charge in [0.05, 0.1) is 52.9 Å². The Kier molecular flexibility index (Phi) is 28.4. The first-order chi connectivity index (χ1) is 53.8. The van der Waals surface area contributed by atoms with Gasteiger partial charge in [-0.2, -0.15) is 0 Å². The fourth-order valence-electron chi connectivity index (χ4n) is 22.0. The average molecular weight is 1530 g/mol. The molecule has 1 unspecified atom stereocenters. The van der Waals surface area contributed by atoms with E-state index in [2.05, 4.69) is 121 Å². The minimum atomic E-state index is -0.860. The Morgan fingerprint density at radius 2 is 0.937 bits per heavy atom. The summed E-state index contributed by atoms with van der Waals surface area (Å²) in [6.45, 7) is 43.8. The Hall–Kier alpha value is -6.56. The van der Waals surface area contributed by atoms with Crippen molar-refractivity contribution < 1.29 is 59.1 Å². The number of likely N-dealkylation sites (tertiary alicyclic amines) is 3. The molecule has 0 amide bonds. The van der Waals surface area contributed by atoms with E-state index in [9.17, 15) is 30.6 Å². The van der Waals surface area contributed by atoms with Crippen LogP contribution >= 0.6 is 0 Å². The highest BCUT2D eigenvalue weighted by atomic mass is 16.5. The number of benzene rings is 5. The van der Waals surface area contributed by atoms with Crippen LogP contribution in [0, 0.1) is 6.92 Å². The van der Waals surface area contributed by atoms with E-state index in [0.29, 0.717) is 36.9 Å². The highest BCUT2D eigenvalue weighted by Crippen LogP contribution is 2.69. The van der Waals surface area contributed by atoms with Gasteiger partial charge in [-0.15, -0.1) is 19.7 Å². The predicted octanol–water partition coefficient (Wildman–Crippen LogP) is 12.8. The molecule has 6 bridgehead atoms. The van der Waals surface area contributed by atoms with Crippen molar-refractivity contribution in [3.63, 3.8) is 0 Å². The van der Waals surface area contributed by atoms with Gasteiger partial charge in [0.2, 0.25) is 0 Å². The van der Waals surface area contributed by atoms with Crippen LogP contribution in [-0.4, -0.2) is 221 Å². The van der Waals surface area contributed by atoms with Gasteiger partial charge in [0.1, 0.15) is 30.2 Å². The Labute approximate surface area is 663 Å². The van der Waals surface area contributed by atoms with Gasteiger partial charge in [-0.25, -0.2) is 0 Å². The van der Waals surface area contributed by atoms with Crippen LogP contribution in [0.2, 0.25) is 0 Å². The fourth-order valence-corrected chi connectivity index (χ4v) is 22.0. The number of hydrogen-bond donors (Lipinski definition) is 9. The van der Waals surface area contributed by atoms with Gasteiger partial charge < -0.3 is 80.3 Å². The van der Waals surface area contributed by atoms with Gasteiger partial charge in [0, 0.05) is 98.7 Å². The van der Waals surface area contributed by atoms with Crippen LogP contribution in [0.3, 0.4) is 0 Å². The molecule has 16 atom stereocenters. The Balaban J connectivity index is 0.000000143. The monoisotopic (exact) mass is 1530 g/mol. The number of phenols is 3. The molecule has 3 saturated carbocycles. The number of aromatic hydroxyl groups is 3. The van der Waals surface area contributed by atoms with Crippen LogP contribution in [0.1, 0.15) is 190 Å². The fraction of sp³-hybridized carbons (Fsp3) is 0.609. The summed E-state index contributed by atoms with van der Waals surface area (Å²) in [4.78, 5) is 9.42. The third kappa shape index (κ3) is 15.1. The number of ether oxygens (including phenoxy) is 6. The molecular weight excluding hydrogens is 1400 g/mol. The number of rotatable bonds is 25. The summed E-state index contributed by atoms with van der Waals surface area (Å²) in [6.07, 6.45) is 18.1. The molecular formula is C92H135N7O12. The van der Waals surface area contributed by atoms with Gasteiger partial charge >= 0.3 is 0 Å². The van der Waals surface area contributed by atoms with Crippen molar-refractivity contribution in [2.45, 2.75) is 259 Å². The van der Waals surface area contributed by atoms with Gasteiger partial charge in [-0.3, -0.25) is 14.7 Å². The number of phenolic OH excluding ortho intramolecular Hbond substituents is 3. The molecule has 5 aromatic carbocycles. The topological polar surface area (TPSA) is 240 Å². The summed E-state index contributed by atoms with van der Waals surface area (Å²) in [7, 11) is 2.13. The van der Waals surface area contributed by atoms with Crippen molar-refractivity contribution in [3.05, 3.63) is 173 Å². The number of aliphatic hydroxyl groups is 3. The number of nitrogens with zero attached hydrogens (tertiary/aromatic N) is 4. The van der Waals surface area contributed by atoms with Crippen molar-refractivity contribution in [2.75, 3.05) is 98.9 Å². The third-order valence-electron chi connectivity index (χ3n) is 26.7. The number of aryl methyl sites for hydroxylation is 1. The van der Waals surface area contributed by atoms with Crippen LogP contribution < -0.4 is 35.3 Å². The molecule has 5 aromatic rings. The van der Waals surface area contributed by atoms with Crippen LogP contribution in [0.5, 0.6) is 40.2 Å². The first kappa shape index (κ1) is 85.3. The number of piperidine rings is 3. The molecule has 17 rings (SSSR count). The lowest BCUT2D eigenvalue weighted by Crippen LogP contribution is -2.78. The van der Waals surface area contributed by atoms with Crippen molar-refractivity contribution in [1.29, 1.82) is 0 Å². The average Bonchev–Trinajstić information content (AvgIpc) is 1.58. The SMILES string of the molecule is C=CCN1CC[C@]23c4c5ccc(O)c4O[C@H]2[C@H](N)CC[C@@]3(O)[C@H]1C5.C=CCN1CC[C@]23c4c5ccc(O)c4O[C@H]2[C@H](NCC)CC[C@@]3(O)[C@H]1C5.C=CCN1CC[C@]23c4c5ccc(O)c4O[C@H]2[C@H](NCC)CC[C@@]3(O)[C@H]1C5.CC.CC.CC.CCCCOCCOCCN(C)CCC(Oc1ccc(C)cc1)c1ccccc1. The molecule has 610 valence electrons. The van der Waals surface area contributed by atoms with Crippen molar-refractivity contribution >= 4 is 0 Å². The van der Waals surface area contributed by atoms with E-state index >= 15 is 0 Å². The standard InChI is InChI=1S/C25H37NO3.2C21H28N2O3.C19H24N2O3.3C2H6/c1-4-5-18-27-20-21-28-19-17-26(3)16-15-25(23-9-7-6-8-10-23)29-24-13-11-22(2)12-14-24;2*1-3-10-23-11-9-20-17-13-5-6-15(24)18(17)26-19(20)14(22-4-2)7-8-21(20,25)16(23)12-13;1-2-8-21-9-7-18-15-11-3-4-13(22)16(15)24-17(18)12(20)5-6-19(18,23)14(21)10-11;3*1-2/h6-14,25H,4-5,15-21H2,1-3H3;2*3,5-6,14,16,19,22,24-25H,1,4,7-12H2,2H3;2-4,12,14,17,22-23H,1,5-10,20H2;3*1-2H3/t;2*14-,16-,19+,20+,21-;12-,14-,17+,18+,19-;;;/m.111.../s1. The molecule has 0 radical (unpaired) electrons. The van der Waals surface area contributed by atoms with Crippen LogP contribution in [-0.2, 0) is 45.0 Å². The molecule has 6 heterocycles. The largest absolute Gasteiger partial charge is 0.504 e. The Morgan fingerprint density at radius 1 is 0.532 bits per heavy atom. The number of unbranched alkanes of at least 4 members (excludes halogenated alkanes) is 1. The smallest absolute Gasteiger partial charge is 0.165 e. The zero-order valence-corrected chi connectivity index (χ0v) is 68.8. The molecule has 6 fully saturated rings. The lowest BCUT2D eigenvalue weighted by molar-refractivity contribution is -0.189. The number of likely N-dealkylation sites (N-methyl/N-ethyl adjacent to an activating group) is 3. The van der Waals surface area contributed by atoms with Gasteiger partial charge in [0.15, 0.2) is 34.5 Å². The number of hydrogen-bond acceptors (Lipinski definition) is 19. The molecule has 111 heavy (non-hydrogen) atoms. The quantitative estimate of drug-likeness (QED) is 0.0195.